The zero-order chi connectivity index (χ0) is 18.2. The molecule has 4 fully saturated rings. The quantitative estimate of drug-likeness (QED) is 0.527. The molecule has 0 bridgehead atoms. The lowest BCUT2D eigenvalue weighted by Crippen LogP contribution is -2.10. The van der Waals surface area contributed by atoms with Crippen LogP contribution in [0.5, 0.6) is 0 Å². The van der Waals surface area contributed by atoms with E-state index >= 15 is 0 Å². The molecule has 1 aromatic rings. The number of rotatable bonds is 2. The van der Waals surface area contributed by atoms with E-state index in [1.807, 2.05) is 0 Å². The molecule has 6 atom stereocenters. The van der Waals surface area contributed by atoms with E-state index in [-0.39, 0.29) is 0 Å². The molecule has 1 nitrogen and oxygen atoms in total. The molecular formula is C26H39N. The Labute approximate surface area is 166 Å². The van der Waals surface area contributed by atoms with Gasteiger partial charge in [-0.2, -0.15) is 0 Å². The van der Waals surface area contributed by atoms with Crippen LogP contribution < -0.4 is 0 Å². The van der Waals surface area contributed by atoms with Gasteiger partial charge < -0.3 is 0 Å². The van der Waals surface area contributed by atoms with Gasteiger partial charge in [0.25, 0.3) is 0 Å². The van der Waals surface area contributed by atoms with Crippen LogP contribution in [0, 0.1) is 30.6 Å². The summed E-state index contributed by atoms with van der Waals surface area (Å²) in [6, 6.07) is 5.00. The van der Waals surface area contributed by atoms with E-state index in [0.717, 1.165) is 35.5 Å². The van der Waals surface area contributed by atoms with E-state index in [1.54, 1.807) is 12.0 Å². The fourth-order valence-electron chi connectivity index (χ4n) is 6.59. The van der Waals surface area contributed by atoms with Crippen molar-refractivity contribution in [3.63, 3.8) is 0 Å². The zero-order valence-electron chi connectivity index (χ0n) is 17.5. The van der Waals surface area contributed by atoms with Gasteiger partial charge in [-0.25, -0.2) is 0 Å². The SMILES string of the molecule is Cc1cc(C2CCCCC3CC3CCC2)cc(C2CCCCC3CC3C2)n1. The number of fused-ring (bicyclic) bond motifs is 2. The van der Waals surface area contributed by atoms with Gasteiger partial charge in [0, 0.05) is 17.3 Å². The molecular weight excluding hydrogens is 326 g/mol. The van der Waals surface area contributed by atoms with Gasteiger partial charge in [0.1, 0.15) is 0 Å². The van der Waals surface area contributed by atoms with Gasteiger partial charge in [-0.1, -0.05) is 51.4 Å². The number of hydrogen-bond acceptors (Lipinski definition) is 1. The number of aryl methyl sites for hydroxylation is 1. The lowest BCUT2D eigenvalue weighted by molar-refractivity contribution is 0.431. The van der Waals surface area contributed by atoms with Gasteiger partial charge in [0.05, 0.1) is 0 Å². The van der Waals surface area contributed by atoms with E-state index in [1.165, 1.54) is 94.9 Å². The molecule has 6 unspecified atom stereocenters. The number of aromatic nitrogens is 1. The third kappa shape index (κ3) is 4.43. The maximum absolute atomic E-state index is 5.07. The summed E-state index contributed by atoms with van der Waals surface area (Å²) in [4.78, 5) is 5.07. The molecule has 1 aromatic heterocycles. The second kappa shape index (κ2) is 7.88. The van der Waals surface area contributed by atoms with Gasteiger partial charge in [0.15, 0.2) is 0 Å². The highest BCUT2D eigenvalue weighted by Gasteiger charge is 2.39. The molecule has 0 aliphatic heterocycles. The van der Waals surface area contributed by atoms with Gasteiger partial charge in [0.2, 0.25) is 0 Å². The van der Waals surface area contributed by atoms with Crippen molar-refractivity contribution in [2.24, 2.45) is 23.7 Å². The van der Waals surface area contributed by atoms with E-state index in [9.17, 15) is 0 Å². The molecule has 0 radical (unpaired) electrons. The van der Waals surface area contributed by atoms with Crippen molar-refractivity contribution in [3.8, 4) is 0 Å². The van der Waals surface area contributed by atoms with Crippen molar-refractivity contribution in [2.75, 3.05) is 0 Å². The van der Waals surface area contributed by atoms with Crippen LogP contribution in [-0.2, 0) is 0 Å². The Morgan fingerprint density at radius 1 is 0.630 bits per heavy atom. The summed E-state index contributed by atoms with van der Waals surface area (Å²) in [6.07, 6.45) is 20.5. The molecule has 0 saturated heterocycles. The van der Waals surface area contributed by atoms with Crippen molar-refractivity contribution in [1.82, 2.24) is 4.98 Å². The lowest BCUT2D eigenvalue weighted by atomic mass is 9.84. The fraction of sp³-hybridized carbons (Fsp3) is 0.808. The van der Waals surface area contributed by atoms with Gasteiger partial charge in [-0.05, 0) is 92.7 Å². The highest BCUT2D eigenvalue weighted by molar-refractivity contribution is 5.27. The Morgan fingerprint density at radius 2 is 1.22 bits per heavy atom. The fourth-order valence-corrected chi connectivity index (χ4v) is 6.59. The molecule has 1 heteroatoms. The average Bonchev–Trinajstić information content (AvgIpc) is 3.55. The van der Waals surface area contributed by atoms with Gasteiger partial charge >= 0.3 is 0 Å². The first kappa shape index (κ1) is 18.2. The van der Waals surface area contributed by atoms with Crippen LogP contribution in [0.4, 0.5) is 0 Å². The molecule has 4 aliphatic rings. The van der Waals surface area contributed by atoms with Crippen molar-refractivity contribution >= 4 is 0 Å². The van der Waals surface area contributed by atoms with E-state index < -0.39 is 0 Å². The molecule has 0 N–H and O–H groups in total. The van der Waals surface area contributed by atoms with E-state index in [4.69, 9.17) is 4.98 Å². The Balaban J connectivity index is 1.32. The topological polar surface area (TPSA) is 12.9 Å². The monoisotopic (exact) mass is 365 g/mol. The number of pyridine rings is 1. The zero-order valence-corrected chi connectivity index (χ0v) is 17.5. The van der Waals surface area contributed by atoms with Crippen molar-refractivity contribution in [2.45, 2.75) is 109 Å². The van der Waals surface area contributed by atoms with Crippen LogP contribution >= 0.6 is 0 Å². The molecule has 0 amide bonds. The third-order valence-electron chi connectivity index (χ3n) is 8.49. The lowest BCUT2D eigenvalue weighted by Gasteiger charge is -2.23. The predicted octanol–water partition coefficient (Wildman–Crippen LogP) is 7.54. The van der Waals surface area contributed by atoms with Crippen LogP contribution in [0.2, 0.25) is 0 Å². The molecule has 27 heavy (non-hydrogen) atoms. The summed E-state index contributed by atoms with van der Waals surface area (Å²) in [7, 11) is 0. The molecule has 148 valence electrons. The van der Waals surface area contributed by atoms with Crippen molar-refractivity contribution < 1.29 is 0 Å². The standard InChI is InChI=1S/C26H39N/c1-18-13-24(19-7-2-3-8-20-14-21(20)12-6-11-19)17-26(27-18)23-10-5-4-9-22-15-25(22)16-23/h13,17,19-23,25H,2-12,14-16H2,1H3. The second-order valence-electron chi connectivity index (χ2n) is 10.6. The Hall–Kier alpha value is -0.850. The minimum atomic E-state index is 0.741. The minimum absolute atomic E-state index is 0.741. The highest BCUT2D eigenvalue weighted by Crippen LogP contribution is 2.51. The Bertz CT molecular complexity index is 650. The first-order valence-corrected chi connectivity index (χ1v) is 12.2. The number of hydrogen-bond donors (Lipinski definition) is 0. The summed E-state index contributed by atoms with van der Waals surface area (Å²) < 4.78 is 0. The molecule has 5 rings (SSSR count). The first-order valence-electron chi connectivity index (χ1n) is 12.2. The van der Waals surface area contributed by atoms with Crippen LogP contribution in [0.15, 0.2) is 12.1 Å². The largest absolute Gasteiger partial charge is 0.258 e. The van der Waals surface area contributed by atoms with Gasteiger partial charge in [-0.15, -0.1) is 0 Å². The predicted molar refractivity (Wildman–Crippen MR) is 113 cm³/mol. The van der Waals surface area contributed by atoms with Crippen molar-refractivity contribution in [1.29, 1.82) is 0 Å². The Morgan fingerprint density at radius 3 is 2.04 bits per heavy atom. The number of nitrogens with zero attached hydrogens (tertiary/aromatic N) is 1. The molecule has 0 aromatic carbocycles. The maximum atomic E-state index is 5.07. The summed E-state index contributed by atoms with van der Waals surface area (Å²) in [5.41, 5.74) is 4.37. The normalized spacial score (nSPS) is 39.4. The second-order valence-corrected chi connectivity index (χ2v) is 10.6. The summed E-state index contributed by atoms with van der Waals surface area (Å²) in [6.45, 7) is 2.24. The van der Waals surface area contributed by atoms with E-state index in [0.29, 0.717) is 0 Å². The van der Waals surface area contributed by atoms with Crippen LogP contribution in [0.25, 0.3) is 0 Å². The summed E-state index contributed by atoms with van der Waals surface area (Å²) in [5.74, 6) is 5.85. The minimum Gasteiger partial charge on any atom is -0.258 e. The van der Waals surface area contributed by atoms with E-state index in [2.05, 4.69) is 19.1 Å². The Kier molecular flexibility index (Phi) is 5.31. The average molecular weight is 366 g/mol. The van der Waals surface area contributed by atoms with Gasteiger partial charge in [-0.3, -0.25) is 4.98 Å². The summed E-state index contributed by atoms with van der Waals surface area (Å²) in [5, 5.41) is 0. The van der Waals surface area contributed by atoms with Crippen LogP contribution in [0.1, 0.15) is 119 Å². The third-order valence-corrected chi connectivity index (χ3v) is 8.49. The highest BCUT2D eigenvalue weighted by atomic mass is 14.7. The molecule has 4 aliphatic carbocycles. The van der Waals surface area contributed by atoms with Crippen molar-refractivity contribution in [3.05, 3.63) is 29.1 Å². The maximum Gasteiger partial charge on any atom is 0.0440 e. The smallest absolute Gasteiger partial charge is 0.0440 e. The molecule has 0 spiro atoms. The summed E-state index contributed by atoms with van der Waals surface area (Å²) >= 11 is 0. The van der Waals surface area contributed by atoms with Crippen LogP contribution in [-0.4, -0.2) is 4.98 Å². The molecule has 4 saturated carbocycles. The van der Waals surface area contributed by atoms with Crippen LogP contribution in [0.3, 0.4) is 0 Å². The molecule has 1 heterocycles. The first-order chi connectivity index (χ1) is 13.3.